The summed E-state index contributed by atoms with van der Waals surface area (Å²) in [6, 6.07) is 7.34. The smallest absolute Gasteiger partial charge is 0.250 e. The van der Waals surface area contributed by atoms with Gasteiger partial charge in [-0.3, -0.25) is 14.5 Å². The van der Waals surface area contributed by atoms with Crippen molar-refractivity contribution < 1.29 is 9.59 Å². The monoisotopic (exact) mass is 359 g/mol. The average molecular weight is 359 g/mol. The summed E-state index contributed by atoms with van der Waals surface area (Å²) in [5.41, 5.74) is 0.384. The molecule has 1 N–H and O–H groups in total. The van der Waals surface area contributed by atoms with Crippen LogP contribution in [-0.2, 0) is 16.1 Å². The van der Waals surface area contributed by atoms with E-state index in [2.05, 4.69) is 15.5 Å². The Balaban J connectivity index is 1.93. The molecule has 1 aromatic heterocycles. The number of aryl methyl sites for hydroxylation is 1. The minimum Gasteiger partial charge on any atom is -0.322 e. The third-order valence-corrected chi connectivity index (χ3v) is 5.36. The van der Waals surface area contributed by atoms with Crippen LogP contribution in [0.3, 0.4) is 0 Å². The molecule has 2 aromatic rings. The second-order valence-electron chi connectivity index (χ2n) is 6.36. The first-order chi connectivity index (χ1) is 11.9. The van der Waals surface area contributed by atoms with Crippen LogP contribution in [0.4, 0.5) is 11.4 Å². The molecule has 0 saturated heterocycles. The lowest BCUT2D eigenvalue weighted by atomic mass is 9.96. The van der Waals surface area contributed by atoms with Gasteiger partial charge in [0, 0.05) is 6.54 Å². The maximum atomic E-state index is 13.2. The number of benzene rings is 1. The fraction of sp³-hybridized carbons (Fsp3) is 0.412. The SMILES string of the molecule is CCn1cnnc1S[C@H](C)C(=O)N1c2ccccc2NC(=O)C1(C)C. The number of aromatic nitrogens is 3. The summed E-state index contributed by atoms with van der Waals surface area (Å²) >= 11 is 1.35. The Bertz CT molecular complexity index is 817. The zero-order valence-corrected chi connectivity index (χ0v) is 15.5. The molecule has 0 spiro atoms. The number of hydrogen-bond acceptors (Lipinski definition) is 5. The van der Waals surface area contributed by atoms with Crippen LogP contribution < -0.4 is 10.2 Å². The van der Waals surface area contributed by atoms with Gasteiger partial charge in [-0.25, -0.2) is 0 Å². The van der Waals surface area contributed by atoms with Gasteiger partial charge in [0.1, 0.15) is 11.9 Å². The standard InChI is InChI=1S/C17H21N5O2S/c1-5-21-10-18-20-16(21)25-11(2)14(23)22-13-9-7-6-8-12(13)19-15(24)17(22,3)4/h6-11H,5H2,1-4H3,(H,19,24)/t11-/m1/s1. The highest BCUT2D eigenvalue weighted by Crippen LogP contribution is 2.38. The summed E-state index contributed by atoms with van der Waals surface area (Å²) < 4.78 is 1.89. The predicted octanol–water partition coefficient (Wildman–Crippen LogP) is 2.54. The highest BCUT2D eigenvalue weighted by molar-refractivity contribution is 8.00. The first kappa shape index (κ1) is 17.5. The molecule has 1 atom stereocenters. The largest absolute Gasteiger partial charge is 0.322 e. The van der Waals surface area contributed by atoms with E-state index in [0.717, 1.165) is 6.54 Å². The van der Waals surface area contributed by atoms with Crippen molar-refractivity contribution in [1.29, 1.82) is 0 Å². The van der Waals surface area contributed by atoms with Gasteiger partial charge in [0.2, 0.25) is 11.8 Å². The van der Waals surface area contributed by atoms with Crippen molar-refractivity contribution >= 4 is 35.0 Å². The van der Waals surface area contributed by atoms with Crippen LogP contribution in [0.1, 0.15) is 27.7 Å². The molecule has 3 rings (SSSR count). The van der Waals surface area contributed by atoms with Gasteiger partial charge in [-0.05, 0) is 39.8 Å². The third kappa shape index (κ3) is 3.02. The summed E-state index contributed by atoms with van der Waals surface area (Å²) in [7, 11) is 0. The Labute approximate surface area is 150 Å². The number of hydrogen-bond donors (Lipinski definition) is 1. The van der Waals surface area contributed by atoms with E-state index in [1.54, 1.807) is 31.1 Å². The first-order valence-electron chi connectivity index (χ1n) is 8.15. The number of amides is 2. The lowest BCUT2D eigenvalue weighted by molar-refractivity contribution is -0.126. The molecule has 1 aliphatic rings. The summed E-state index contributed by atoms with van der Waals surface area (Å²) in [4.78, 5) is 27.3. The molecular formula is C17H21N5O2S. The fourth-order valence-electron chi connectivity index (χ4n) is 2.79. The van der Waals surface area contributed by atoms with Gasteiger partial charge < -0.3 is 9.88 Å². The quantitative estimate of drug-likeness (QED) is 0.849. The van der Waals surface area contributed by atoms with Crippen molar-refractivity contribution in [1.82, 2.24) is 14.8 Å². The van der Waals surface area contributed by atoms with Crippen molar-refractivity contribution in [2.75, 3.05) is 10.2 Å². The van der Waals surface area contributed by atoms with E-state index in [1.807, 2.05) is 36.6 Å². The van der Waals surface area contributed by atoms with E-state index in [0.29, 0.717) is 16.5 Å². The van der Waals surface area contributed by atoms with Crippen molar-refractivity contribution in [2.24, 2.45) is 0 Å². The topological polar surface area (TPSA) is 80.1 Å². The Hall–Kier alpha value is -2.35. The summed E-state index contributed by atoms with van der Waals surface area (Å²) in [6.07, 6.45) is 1.65. The molecule has 0 saturated carbocycles. The van der Waals surface area contributed by atoms with Gasteiger partial charge in [-0.15, -0.1) is 10.2 Å². The molecule has 0 unspecified atom stereocenters. The normalized spacial score (nSPS) is 17.0. The lowest BCUT2D eigenvalue weighted by Gasteiger charge is -2.43. The van der Waals surface area contributed by atoms with E-state index < -0.39 is 10.8 Å². The number of rotatable bonds is 4. The average Bonchev–Trinajstić information content (AvgIpc) is 3.02. The van der Waals surface area contributed by atoms with Crippen LogP contribution >= 0.6 is 11.8 Å². The Morgan fingerprint density at radius 2 is 2.08 bits per heavy atom. The number of nitrogens with zero attached hydrogens (tertiary/aromatic N) is 4. The minimum atomic E-state index is -0.974. The maximum Gasteiger partial charge on any atom is 0.250 e. The number of fused-ring (bicyclic) bond motifs is 1. The molecule has 1 aliphatic heterocycles. The van der Waals surface area contributed by atoms with Crippen LogP contribution in [0.5, 0.6) is 0 Å². The number of carbonyl (C=O) groups excluding carboxylic acids is 2. The zero-order valence-electron chi connectivity index (χ0n) is 14.7. The molecule has 2 amide bonds. The van der Waals surface area contributed by atoms with Crippen LogP contribution in [0.15, 0.2) is 35.7 Å². The number of carbonyl (C=O) groups is 2. The molecule has 0 bridgehead atoms. The van der Waals surface area contributed by atoms with Gasteiger partial charge in [0.05, 0.1) is 16.6 Å². The van der Waals surface area contributed by atoms with Gasteiger partial charge in [0.15, 0.2) is 5.16 Å². The second kappa shape index (κ2) is 6.51. The first-order valence-corrected chi connectivity index (χ1v) is 9.03. The number of para-hydroxylation sites is 2. The molecule has 8 heteroatoms. The molecule has 132 valence electrons. The van der Waals surface area contributed by atoms with Crippen LogP contribution in [0.2, 0.25) is 0 Å². The highest BCUT2D eigenvalue weighted by Gasteiger charge is 2.44. The Morgan fingerprint density at radius 1 is 1.36 bits per heavy atom. The fourth-order valence-corrected chi connectivity index (χ4v) is 3.72. The van der Waals surface area contributed by atoms with E-state index in [9.17, 15) is 9.59 Å². The van der Waals surface area contributed by atoms with Crippen LogP contribution in [0.25, 0.3) is 0 Å². The van der Waals surface area contributed by atoms with E-state index >= 15 is 0 Å². The number of nitrogens with one attached hydrogen (secondary N) is 1. The van der Waals surface area contributed by atoms with Gasteiger partial charge in [-0.2, -0.15) is 0 Å². The summed E-state index contributed by atoms with van der Waals surface area (Å²) in [6.45, 7) is 8.06. The maximum absolute atomic E-state index is 13.2. The zero-order chi connectivity index (χ0) is 18.2. The van der Waals surface area contributed by atoms with Crippen LogP contribution in [0, 0.1) is 0 Å². The van der Waals surface area contributed by atoms with E-state index in [1.165, 1.54) is 11.8 Å². The van der Waals surface area contributed by atoms with E-state index in [-0.39, 0.29) is 11.8 Å². The molecule has 1 aromatic carbocycles. The molecule has 7 nitrogen and oxygen atoms in total. The molecule has 0 fully saturated rings. The number of thioether (sulfide) groups is 1. The summed E-state index contributed by atoms with van der Waals surface area (Å²) in [5.74, 6) is -0.337. The summed E-state index contributed by atoms with van der Waals surface area (Å²) in [5, 5.41) is 11.1. The third-order valence-electron chi connectivity index (χ3n) is 4.28. The van der Waals surface area contributed by atoms with Crippen molar-refractivity contribution in [3.05, 3.63) is 30.6 Å². The molecular weight excluding hydrogens is 338 g/mol. The lowest BCUT2D eigenvalue weighted by Crippen LogP contribution is -2.60. The highest BCUT2D eigenvalue weighted by atomic mass is 32.2. The Morgan fingerprint density at radius 3 is 2.80 bits per heavy atom. The van der Waals surface area contributed by atoms with Gasteiger partial charge in [0.25, 0.3) is 0 Å². The van der Waals surface area contributed by atoms with Crippen LogP contribution in [-0.4, -0.2) is 37.4 Å². The molecule has 2 heterocycles. The predicted molar refractivity (Wildman–Crippen MR) is 97.7 cm³/mol. The molecule has 0 radical (unpaired) electrons. The van der Waals surface area contributed by atoms with Crippen molar-refractivity contribution in [3.8, 4) is 0 Å². The van der Waals surface area contributed by atoms with E-state index in [4.69, 9.17) is 0 Å². The van der Waals surface area contributed by atoms with Crippen molar-refractivity contribution in [3.63, 3.8) is 0 Å². The van der Waals surface area contributed by atoms with Gasteiger partial charge >= 0.3 is 0 Å². The molecule has 25 heavy (non-hydrogen) atoms. The Kier molecular flexibility index (Phi) is 4.55. The van der Waals surface area contributed by atoms with Gasteiger partial charge in [-0.1, -0.05) is 23.9 Å². The number of anilines is 2. The second-order valence-corrected chi connectivity index (χ2v) is 7.67. The molecule has 0 aliphatic carbocycles. The van der Waals surface area contributed by atoms with Crippen molar-refractivity contribution in [2.45, 2.75) is 50.2 Å². The minimum absolute atomic E-state index is 0.136.